The van der Waals surface area contributed by atoms with Crippen molar-refractivity contribution in [3.63, 3.8) is 0 Å². The zero-order valence-corrected chi connectivity index (χ0v) is 19.2. The number of nitrogens with zero attached hydrogens (tertiary/aromatic N) is 1. The maximum Gasteiger partial charge on any atom is 0.268 e. The average molecular weight is 486 g/mol. The van der Waals surface area contributed by atoms with E-state index in [9.17, 15) is 23.2 Å². The van der Waals surface area contributed by atoms with Crippen LogP contribution in [0.15, 0.2) is 59.6 Å². The Morgan fingerprint density at radius 1 is 1.24 bits per heavy atom. The van der Waals surface area contributed by atoms with Crippen LogP contribution >= 0.6 is 0 Å². The number of allylic oxidation sites excluding steroid dienone is 1. The minimum atomic E-state index is -4.29. The molecule has 0 bridgehead atoms. The lowest BCUT2D eigenvalue weighted by atomic mass is 10.0. The molecule has 2 aromatic rings. The first-order chi connectivity index (χ1) is 16.2. The standard InChI is InChI=1S/C24H27N3O6S/c25-24-26-14-2-3-19-15-17(7-13-23(19)33-16-27-24)6-12-21(34(30,31)32)4-1-5-22(29)18-8-10-20(28)11-9-18/h1,5,7-11,13,15,21-22,28-29H,3-4,6,12,16H2,(H3,25,26,27)(H,30,31,32)/b5-1+/t21-,22+/m0/s1. The molecule has 0 unspecified atom stereocenters. The molecule has 2 atom stereocenters. The van der Waals surface area contributed by atoms with Gasteiger partial charge in [-0.25, -0.2) is 0 Å². The summed E-state index contributed by atoms with van der Waals surface area (Å²) in [5, 5.41) is 21.3. The van der Waals surface area contributed by atoms with Crippen molar-refractivity contribution in [2.75, 3.05) is 6.73 Å². The minimum absolute atomic E-state index is 0.0403. The number of aliphatic imine (C=N–C) groups is 1. The van der Waals surface area contributed by atoms with Crippen molar-refractivity contribution < 1.29 is 27.9 Å². The second-order valence-electron chi connectivity index (χ2n) is 7.75. The van der Waals surface area contributed by atoms with Gasteiger partial charge < -0.3 is 26.0 Å². The van der Waals surface area contributed by atoms with Gasteiger partial charge in [-0.3, -0.25) is 4.55 Å². The van der Waals surface area contributed by atoms with Gasteiger partial charge >= 0.3 is 0 Å². The number of nitrogens with one attached hydrogen (secondary N) is 1. The highest BCUT2D eigenvalue weighted by molar-refractivity contribution is 7.86. The van der Waals surface area contributed by atoms with Crippen molar-refractivity contribution in [3.05, 3.63) is 71.3 Å². The molecule has 0 saturated heterocycles. The number of hydrogen-bond donors (Lipinski definition) is 5. The van der Waals surface area contributed by atoms with E-state index in [1.807, 2.05) is 12.1 Å². The Bertz CT molecular complexity index is 1210. The summed E-state index contributed by atoms with van der Waals surface area (Å²) < 4.78 is 39.2. The molecule has 3 rings (SSSR count). The lowest BCUT2D eigenvalue weighted by Gasteiger charge is -2.15. The van der Waals surface area contributed by atoms with Gasteiger partial charge in [0.25, 0.3) is 10.1 Å². The molecule has 9 nitrogen and oxygen atoms in total. The van der Waals surface area contributed by atoms with Crippen LogP contribution in [0.5, 0.6) is 11.5 Å². The maximum atomic E-state index is 11.9. The Morgan fingerprint density at radius 2 is 2.00 bits per heavy atom. The number of phenolic OH excluding ortho intramolecular Hbond substituents is 1. The van der Waals surface area contributed by atoms with Gasteiger partial charge in [0.05, 0.1) is 11.4 Å². The van der Waals surface area contributed by atoms with Crippen molar-refractivity contribution in [1.82, 2.24) is 5.32 Å². The van der Waals surface area contributed by atoms with Crippen LogP contribution in [0.1, 0.15) is 35.6 Å². The molecule has 2 aromatic carbocycles. The first-order valence-corrected chi connectivity index (χ1v) is 12.1. The van der Waals surface area contributed by atoms with E-state index in [2.05, 4.69) is 22.3 Å². The van der Waals surface area contributed by atoms with E-state index in [1.54, 1.807) is 18.2 Å². The van der Waals surface area contributed by atoms with Gasteiger partial charge in [0, 0.05) is 18.0 Å². The smallest absolute Gasteiger partial charge is 0.268 e. The van der Waals surface area contributed by atoms with Gasteiger partial charge in [0.15, 0.2) is 6.73 Å². The van der Waals surface area contributed by atoms with Gasteiger partial charge in [0.1, 0.15) is 11.5 Å². The quantitative estimate of drug-likeness (QED) is 0.216. The highest BCUT2D eigenvalue weighted by atomic mass is 32.2. The number of ether oxygens (including phenoxy) is 1. The maximum absolute atomic E-state index is 11.9. The van der Waals surface area contributed by atoms with E-state index >= 15 is 0 Å². The molecule has 0 fully saturated rings. The molecule has 6 N–H and O–H groups in total. The molecule has 10 heteroatoms. The fourth-order valence-corrected chi connectivity index (χ4v) is 4.16. The summed E-state index contributed by atoms with van der Waals surface area (Å²) in [5.41, 5.74) is 7.88. The number of phenols is 1. The second kappa shape index (κ2) is 11.6. The Labute approximate surface area is 198 Å². The minimum Gasteiger partial charge on any atom is -0.508 e. The number of fused-ring (bicyclic) bond motifs is 1. The van der Waals surface area contributed by atoms with E-state index in [4.69, 9.17) is 10.5 Å². The zero-order valence-electron chi connectivity index (χ0n) is 18.4. The third-order valence-corrected chi connectivity index (χ3v) is 6.54. The Kier molecular flexibility index (Phi) is 8.54. The van der Waals surface area contributed by atoms with Crippen LogP contribution in [0.25, 0.3) is 0 Å². The molecule has 0 saturated carbocycles. The SMILES string of the molecule is NC1=NC#CCc2cc(CC[C@H](C/C=C/[C@@H](O)c3ccc(O)cc3)S(=O)(=O)O)ccc2OCN1. The van der Waals surface area contributed by atoms with Gasteiger partial charge in [-0.15, -0.1) is 0 Å². The number of guanidine groups is 1. The van der Waals surface area contributed by atoms with E-state index in [-0.39, 0.29) is 31.3 Å². The van der Waals surface area contributed by atoms with Crippen LogP contribution in [-0.2, 0) is 23.0 Å². The van der Waals surface area contributed by atoms with Crippen LogP contribution in [0, 0.1) is 12.0 Å². The number of rotatable bonds is 8. The van der Waals surface area contributed by atoms with E-state index in [1.165, 1.54) is 24.3 Å². The molecular formula is C24H27N3O6S. The number of aryl methyl sites for hydroxylation is 1. The molecular weight excluding hydrogens is 458 g/mol. The highest BCUT2D eigenvalue weighted by Gasteiger charge is 2.22. The van der Waals surface area contributed by atoms with Crippen LogP contribution in [0.4, 0.5) is 0 Å². The highest BCUT2D eigenvalue weighted by Crippen LogP contribution is 2.24. The summed E-state index contributed by atoms with van der Waals surface area (Å²) in [6.07, 6.45) is 3.06. The van der Waals surface area contributed by atoms with E-state index < -0.39 is 21.5 Å². The summed E-state index contributed by atoms with van der Waals surface area (Å²) in [6, 6.07) is 14.2. The van der Waals surface area contributed by atoms with Crippen molar-refractivity contribution in [1.29, 1.82) is 0 Å². The van der Waals surface area contributed by atoms with Gasteiger partial charge in [-0.2, -0.15) is 13.4 Å². The topological polar surface area (TPSA) is 154 Å². The molecule has 180 valence electrons. The summed E-state index contributed by atoms with van der Waals surface area (Å²) >= 11 is 0. The summed E-state index contributed by atoms with van der Waals surface area (Å²) in [4.78, 5) is 3.84. The number of hydrogen-bond acceptors (Lipinski definition) is 8. The summed E-state index contributed by atoms with van der Waals surface area (Å²) in [7, 11) is -4.29. The number of nitrogens with two attached hydrogens (primary N) is 1. The number of aromatic hydroxyl groups is 1. The Balaban J connectivity index is 1.65. The number of aliphatic hydroxyl groups excluding tert-OH is 1. The van der Waals surface area contributed by atoms with Crippen LogP contribution in [-0.4, -0.2) is 41.1 Å². The predicted molar refractivity (Wildman–Crippen MR) is 129 cm³/mol. The zero-order chi connectivity index (χ0) is 24.6. The monoisotopic (exact) mass is 485 g/mol. The van der Waals surface area contributed by atoms with Gasteiger partial charge in [0.2, 0.25) is 5.96 Å². The fourth-order valence-electron chi connectivity index (χ4n) is 3.39. The molecule has 34 heavy (non-hydrogen) atoms. The van der Waals surface area contributed by atoms with Crippen molar-refractivity contribution in [3.8, 4) is 23.5 Å². The van der Waals surface area contributed by atoms with Crippen LogP contribution < -0.4 is 15.8 Å². The largest absolute Gasteiger partial charge is 0.508 e. The lowest BCUT2D eigenvalue weighted by molar-refractivity contribution is 0.228. The van der Waals surface area contributed by atoms with Crippen molar-refractivity contribution in [2.24, 2.45) is 10.7 Å². The molecule has 1 aliphatic rings. The first kappa shape index (κ1) is 25.1. The van der Waals surface area contributed by atoms with E-state index in [0.717, 1.165) is 11.1 Å². The third kappa shape index (κ3) is 7.52. The van der Waals surface area contributed by atoms with Gasteiger partial charge in [-0.05, 0) is 48.6 Å². The molecule has 1 heterocycles. The number of benzene rings is 2. The molecule has 0 spiro atoms. The molecule has 0 amide bonds. The normalized spacial score (nSPS) is 15.6. The van der Waals surface area contributed by atoms with Gasteiger partial charge in [-0.1, -0.05) is 42.3 Å². The Hall–Kier alpha value is -3.52. The van der Waals surface area contributed by atoms with E-state index in [0.29, 0.717) is 24.2 Å². The van der Waals surface area contributed by atoms with Crippen LogP contribution in [0.2, 0.25) is 0 Å². The molecule has 0 aliphatic carbocycles. The van der Waals surface area contributed by atoms with Crippen molar-refractivity contribution >= 4 is 16.1 Å². The van der Waals surface area contributed by atoms with Crippen LogP contribution in [0.3, 0.4) is 0 Å². The molecule has 0 radical (unpaired) electrons. The number of aliphatic hydroxyl groups is 1. The third-order valence-electron chi connectivity index (χ3n) is 5.27. The first-order valence-electron chi connectivity index (χ1n) is 10.6. The second-order valence-corrected chi connectivity index (χ2v) is 9.44. The molecule has 0 aromatic heterocycles. The lowest BCUT2D eigenvalue weighted by Crippen LogP contribution is -2.34. The molecule has 1 aliphatic heterocycles. The average Bonchev–Trinajstić information content (AvgIpc) is 2.79. The summed E-state index contributed by atoms with van der Waals surface area (Å²) in [6.45, 7) is 0.135. The predicted octanol–water partition coefficient (Wildman–Crippen LogP) is 2.02. The fraction of sp³-hybridized carbons (Fsp3) is 0.292. The summed E-state index contributed by atoms with van der Waals surface area (Å²) in [5.74, 6) is 3.79. The Morgan fingerprint density at radius 3 is 2.74 bits per heavy atom. The van der Waals surface area contributed by atoms with Crippen molar-refractivity contribution in [2.45, 2.75) is 37.0 Å².